The highest BCUT2D eigenvalue weighted by atomic mass is 31.1. The number of carbonyl (C=O) groups excluding carboxylic acids is 2. The fourth-order valence-electron chi connectivity index (χ4n) is 4.56. The number of aromatic nitrogens is 2. The molecule has 2 unspecified atom stereocenters. The van der Waals surface area contributed by atoms with E-state index in [1.807, 2.05) is 15.5 Å². The third-order valence-electron chi connectivity index (χ3n) is 6.56. The van der Waals surface area contributed by atoms with Crippen LogP contribution in [0.3, 0.4) is 0 Å². The highest BCUT2D eigenvalue weighted by molar-refractivity contribution is 7.39. The van der Waals surface area contributed by atoms with Gasteiger partial charge in [0.15, 0.2) is 0 Å². The van der Waals surface area contributed by atoms with Crippen molar-refractivity contribution in [2.75, 3.05) is 37.9 Å². The number of carbonyl (C=O) groups is 2. The molecule has 3 heterocycles. The number of esters is 1. The van der Waals surface area contributed by atoms with Crippen LogP contribution >= 0.6 is 18.5 Å². The predicted octanol–water partition coefficient (Wildman–Crippen LogP) is 3.19. The molecule has 5 rings (SSSR count). The van der Waals surface area contributed by atoms with Crippen LogP contribution in [0, 0.1) is 5.82 Å². The van der Waals surface area contributed by atoms with Crippen LogP contribution in [0.15, 0.2) is 47.7 Å². The van der Waals surface area contributed by atoms with Crippen molar-refractivity contribution in [3.63, 3.8) is 0 Å². The molecule has 1 N–H and O–H groups in total. The number of nitrogens with zero attached hydrogens (tertiary/aromatic N) is 3. The van der Waals surface area contributed by atoms with Crippen LogP contribution in [-0.2, 0) is 20.6 Å². The molecule has 0 bridgehead atoms. The monoisotopic (exact) mass is 574 g/mol. The molecule has 1 aromatic carbocycles. The summed E-state index contributed by atoms with van der Waals surface area (Å²) in [6.45, 7) is 2.04. The number of ether oxygens (including phenoxy) is 3. The Morgan fingerprint density at radius 2 is 1.95 bits per heavy atom. The highest BCUT2D eigenvalue weighted by Crippen LogP contribution is 2.38. The Hall–Kier alpha value is -3.13. The standard InChI is InChI=1S/C26H29FN4O6P2/c27-20-10-18-21(11-22(20)30-8-6-28-7-9-30)31(17-3-4-17)14-19(23(18)32)24(33)35-15-36-25(34)37-26(38,39)12-16-2-1-5-29-13-16/h1-2,5,10-11,13-14,17,28H,3-4,6-9,12,15,38-39H2. The Balaban J connectivity index is 1.28. The SMILES string of the molecule is O=C(OCOC(=O)c1cn(C2CC2)c2cc(N3CCNCC3)c(F)cc2c1=O)OC(P)(P)Cc1cccnc1. The zero-order valence-electron chi connectivity index (χ0n) is 21.1. The maximum Gasteiger partial charge on any atom is 0.512 e. The van der Waals surface area contributed by atoms with E-state index in [-0.39, 0.29) is 17.0 Å². The van der Waals surface area contributed by atoms with Crippen LogP contribution in [0.5, 0.6) is 0 Å². The Bertz CT molecular complexity index is 1440. The van der Waals surface area contributed by atoms with Crippen molar-refractivity contribution in [3.05, 3.63) is 70.0 Å². The first kappa shape index (κ1) is 27.4. The summed E-state index contributed by atoms with van der Waals surface area (Å²) in [7, 11) is 4.80. The van der Waals surface area contributed by atoms with Crippen molar-refractivity contribution >= 4 is 47.2 Å². The number of hydrogen-bond acceptors (Lipinski definition) is 9. The topological polar surface area (TPSA) is 112 Å². The molecule has 0 spiro atoms. The van der Waals surface area contributed by atoms with Gasteiger partial charge >= 0.3 is 12.1 Å². The van der Waals surface area contributed by atoms with Crippen molar-refractivity contribution in [2.24, 2.45) is 0 Å². The summed E-state index contributed by atoms with van der Waals surface area (Å²) >= 11 is 0. The minimum absolute atomic E-state index is 0.0965. The van der Waals surface area contributed by atoms with Gasteiger partial charge in [-0.05, 0) is 36.6 Å². The summed E-state index contributed by atoms with van der Waals surface area (Å²) in [4.78, 5) is 44.2. The predicted molar refractivity (Wildman–Crippen MR) is 149 cm³/mol. The molecule has 2 aromatic heterocycles. The second kappa shape index (κ2) is 11.5. The Morgan fingerprint density at radius 3 is 2.64 bits per heavy atom. The molecule has 0 amide bonds. The van der Waals surface area contributed by atoms with Gasteiger partial charge in [0.2, 0.25) is 12.2 Å². The maximum atomic E-state index is 15.1. The van der Waals surface area contributed by atoms with Gasteiger partial charge in [0, 0.05) is 62.6 Å². The Kier molecular flexibility index (Phi) is 8.12. The molecule has 10 nitrogen and oxygen atoms in total. The van der Waals surface area contributed by atoms with E-state index in [1.54, 1.807) is 24.5 Å². The number of fused-ring (bicyclic) bond motifs is 1. The number of rotatable bonds is 8. The van der Waals surface area contributed by atoms with Crippen molar-refractivity contribution in [1.29, 1.82) is 0 Å². The van der Waals surface area contributed by atoms with Crippen molar-refractivity contribution in [2.45, 2.75) is 30.4 Å². The molecule has 3 aromatic rings. The molecule has 13 heteroatoms. The van der Waals surface area contributed by atoms with Crippen LogP contribution in [0.2, 0.25) is 0 Å². The lowest BCUT2D eigenvalue weighted by Gasteiger charge is -2.30. The molecule has 0 radical (unpaired) electrons. The van der Waals surface area contributed by atoms with Gasteiger partial charge in [0.25, 0.3) is 0 Å². The first-order valence-corrected chi connectivity index (χ1v) is 13.7. The first-order chi connectivity index (χ1) is 18.7. The largest absolute Gasteiger partial charge is 0.512 e. The molecule has 1 saturated carbocycles. The Morgan fingerprint density at radius 1 is 1.18 bits per heavy atom. The summed E-state index contributed by atoms with van der Waals surface area (Å²) in [5.74, 6) is -1.50. The van der Waals surface area contributed by atoms with Crippen molar-refractivity contribution in [3.8, 4) is 0 Å². The zero-order valence-corrected chi connectivity index (χ0v) is 23.4. The van der Waals surface area contributed by atoms with Crippen LogP contribution in [0.1, 0.15) is 34.8 Å². The fraction of sp³-hybridized carbons (Fsp3) is 0.385. The van der Waals surface area contributed by atoms with Gasteiger partial charge in [-0.1, -0.05) is 24.5 Å². The number of hydrogen-bond donors (Lipinski definition) is 1. The molecular formula is C26H29FN4O6P2. The molecule has 2 aliphatic rings. The van der Waals surface area contributed by atoms with Crippen LogP contribution in [0.25, 0.3) is 10.9 Å². The van der Waals surface area contributed by atoms with E-state index < -0.39 is 35.2 Å². The van der Waals surface area contributed by atoms with Gasteiger partial charge in [-0.25, -0.2) is 14.0 Å². The van der Waals surface area contributed by atoms with Crippen LogP contribution in [0.4, 0.5) is 14.9 Å². The number of piperazine rings is 1. The van der Waals surface area contributed by atoms with E-state index in [9.17, 15) is 14.4 Å². The first-order valence-electron chi connectivity index (χ1n) is 12.6. The second-order valence-corrected chi connectivity index (χ2v) is 12.2. The molecule has 206 valence electrons. The number of pyridine rings is 2. The molecule has 1 aliphatic carbocycles. The summed E-state index contributed by atoms with van der Waals surface area (Å²) in [6, 6.07) is 6.58. The lowest BCUT2D eigenvalue weighted by Crippen LogP contribution is -2.43. The number of nitrogens with one attached hydrogen (secondary N) is 1. The van der Waals surface area contributed by atoms with Gasteiger partial charge in [0.1, 0.15) is 16.5 Å². The number of anilines is 1. The third kappa shape index (κ3) is 6.55. The van der Waals surface area contributed by atoms with Crippen LogP contribution < -0.4 is 15.6 Å². The van der Waals surface area contributed by atoms with E-state index in [2.05, 4.69) is 28.8 Å². The average molecular weight is 574 g/mol. The normalized spacial score (nSPS) is 15.7. The minimum atomic E-state index is -1.06. The lowest BCUT2D eigenvalue weighted by molar-refractivity contribution is -0.0333. The highest BCUT2D eigenvalue weighted by Gasteiger charge is 2.29. The van der Waals surface area contributed by atoms with E-state index >= 15 is 4.39 Å². The second-order valence-electron chi connectivity index (χ2n) is 9.61. The minimum Gasteiger partial charge on any atom is -0.424 e. The smallest absolute Gasteiger partial charge is 0.424 e. The molecular weight excluding hydrogens is 545 g/mol. The zero-order chi connectivity index (χ0) is 27.6. The number of benzene rings is 1. The molecule has 2 atom stereocenters. The lowest BCUT2D eigenvalue weighted by atomic mass is 10.1. The van der Waals surface area contributed by atoms with Gasteiger partial charge in [-0.15, -0.1) is 0 Å². The summed E-state index contributed by atoms with van der Waals surface area (Å²) in [5, 5.41) is 2.27. The van der Waals surface area contributed by atoms with E-state index in [0.717, 1.165) is 31.5 Å². The van der Waals surface area contributed by atoms with Crippen molar-refractivity contribution in [1.82, 2.24) is 14.9 Å². The van der Waals surface area contributed by atoms with E-state index in [1.165, 1.54) is 12.3 Å². The van der Waals surface area contributed by atoms with E-state index in [0.29, 0.717) is 30.7 Å². The number of halogens is 1. The van der Waals surface area contributed by atoms with E-state index in [4.69, 9.17) is 14.2 Å². The van der Waals surface area contributed by atoms with Crippen LogP contribution in [-0.4, -0.2) is 59.7 Å². The van der Waals surface area contributed by atoms with Crippen molar-refractivity contribution < 1.29 is 28.2 Å². The third-order valence-corrected chi connectivity index (χ3v) is 7.21. The maximum absolute atomic E-state index is 15.1. The molecule has 2 fully saturated rings. The quantitative estimate of drug-likeness (QED) is 0.246. The summed E-state index contributed by atoms with van der Waals surface area (Å²) in [5.41, 5.74) is 0.929. The fourth-order valence-corrected chi connectivity index (χ4v) is 5.22. The Labute approximate surface area is 228 Å². The van der Waals surface area contributed by atoms with Gasteiger partial charge < -0.3 is 29.0 Å². The summed E-state index contributed by atoms with van der Waals surface area (Å²) < 4.78 is 32.2. The van der Waals surface area contributed by atoms with Gasteiger partial charge in [0.05, 0.1) is 11.2 Å². The molecule has 39 heavy (non-hydrogen) atoms. The van der Waals surface area contributed by atoms with Gasteiger partial charge in [-0.3, -0.25) is 9.78 Å². The average Bonchev–Trinajstić information content (AvgIpc) is 3.75. The van der Waals surface area contributed by atoms with Gasteiger partial charge in [-0.2, -0.15) is 0 Å². The molecule has 1 saturated heterocycles. The molecule has 1 aliphatic heterocycles. The summed E-state index contributed by atoms with van der Waals surface area (Å²) in [6.07, 6.45) is 5.76.